The Morgan fingerprint density at radius 1 is 1.13 bits per heavy atom. The number of carbonyl (C=O) groups excluding carboxylic acids is 2. The molecule has 2 saturated heterocycles. The predicted molar refractivity (Wildman–Crippen MR) is 96.7 cm³/mol. The Morgan fingerprint density at radius 3 is 2.33 bits per heavy atom. The zero-order chi connectivity index (χ0) is 21.6. The molecule has 0 spiro atoms. The minimum atomic E-state index is -4.44. The Hall–Kier alpha value is -2.67. The Labute approximate surface area is 170 Å². The number of hydrogen-bond acceptors (Lipinski definition) is 4. The van der Waals surface area contributed by atoms with Gasteiger partial charge in [-0.3, -0.25) is 9.59 Å². The number of benzene rings is 1. The molecule has 6 nitrogen and oxygen atoms in total. The number of rotatable bonds is 4. The first-order chi connectivity index (χ1) is 14.2. The van der Waals surface area contributed by atoms with Gasteiger partial charge in [-0.1, -0.05) is 0 Å². The zero-order valence-corrected chi connectivity index (χ0v) is 15.9. The average Bonchev–Trinajstić information content (AvgIpc) is 3.04. The summed E-state index contributed by atoms with van der Waals surface area (Å²) in [6.07, 6.45) is -5.58. The van der Waals surface area contributed by atoms with Crippen molar-refractivity contribution in [3.05, 3.63) is 35.4 Å². The van der Waals surface area contributed by atoms with Crippen LogP contribution in [0, 0.1) is 23.2 Å². The Kier molecular flexibility index (Phi) is 5.18. The van der Waals surface area contributed by atoms with Crippen molar-refractivity contribution in [2.24, 2.45) is 11.8 Å². The number of fused-ring (bicyclic) bond motifs is 1. The van der Waals surface area contributed by atoms with Gasteiger partial charge >= 0.3 is 6.18 Å². The minimum absolute atomic E-state index is 0.00934. The van der Waals surface area contributed by atoms with Crippen LogP contribution in [-0.4, -0.2) is 66.0 Å². The van der Waals surface area contributed by atoms with Crippen molar-refractivity contribution in [3.63, 3.8) is 0 Å². The first-order valence-electron chi connectivity index (χ1n) is 9.72. The van der Waals surface area contributed by atoms with Crippen LogP contribution in [0.4, 0.5) is 17.6 Å². The fourth-order valence-electron chi connectivity index (χ4n) is 4.47. The summed E-state index contributed by atoms with van der Waals surface area (Å²) in [5.41, 5.74) is -0.589. The summed E-state index contributed by atoms with van der Waals surface area (Å²) in [4.78, 5) is 27.7. The molecule has 4 rings (SSSR count). The van der Waals surface area contributed by atoms with Gasteiger partial charge in [0.2, 0.25) is 5.91 Å². The molecule has 1 aromatic carbocycles. The van der Waals surface area contributed by atoms with Crippen molar-refractivity contribution < 1.29 is 27.2 Å². The van der Waals surface area contributed by atoms with Crippen molar-refractivity contribution >= 4 is 11.8 Å². The van der Waals surface area contributed by atoms with Crippen LogP contribution in [0.25, 0.3) is 0 Å². The van der Waals surface area contributed by atoms with E-state index in [1.165, 1.54) is 17.0 Å². The highest BCUT2D eigenvalue weighted by Crippen LogP contribution is 2.45. The molecular formula is C20H20F4N4O2. The molecule has 2 aliphatic heterocycles. The molecule has 0 aromatic heterocycles. The number of hydrogen-bond donors (Lipinski definition) is 1. The normalized spacial score (nSPS) is 30.2. The van der Waals surface area contributed by atoms with E-state index >= 15 is 0 Å². The molecule has 30 heavy (non-hydrogen) atoms. The fourth-order valence-corrected chi connectivity index (χ4v) is 4.47. The molecule has 2 heterocycles. The summed E-state index contributed by atoms with van der Waals surface area (Å²) in [5, 5.41) is 12.2. The van der Waals surface area contributed by atoms with Crippen LogP contribution in [-0.2, 0) is 11.0 Å². The van der Waals surface area contributed by atoms with Crippen LogP contribution in [0.15, 0.2) is 24.3 Å². The third-order valence-electron chi connectivity index (χ3n) is 6.15. The highest BCUT2D eigenvalue weighted by molar-refractivity contribution is 5.94. The van der Waals surface area contributed by atoms with Crippen LogP contribution >= 0.6 is 0 Å². The monoisotopic (exact) mass is 424 g/mol. The fraction of sp³-hybridized carbons (Fsp3) is 0.550. The number of piperidine rings is 1. The third kappa shape index (κ3) is 3.86. The number of carbonyl (C=O) groups is 2. The smallest absolute Gasteiger partial charge is 0.338 e. The molecule has 4 atom stereocenters. The first kappa shape index (κ1) is 20.6. The molecular weight excluding hydrogens is 404 g/mol. The van der Waals surface area contributed by atoms with Crippen molar-refractivity contribution in [3.8, 4) is 6.07 Å². The maximum atomic E-state index is 13.5. The molecule has 3 aliphatic rings. The van der Waals surface area contributed by atoms with E-state index in [-0.39, 0.29) is 54.8 Å². The van der Waals surface area contributed by atoms with Gasteiger partial charge in [-0.05, 0) is 36.1 Å². The van der Waals surface area contributed by atoms with E-state index in [9.17, 15) is 27.2 Å². The van der Waals surface area contributed by atoms with Gasteiger partial charge in [0, 0.05) is 31.1 Å². The summed E-state index contributed by atoms with van der Waals surface area (Å²) in [6, 6.07) is 5.44. The second-order valence-electron chi connectivity index (χ2n) is 8.04. The molecule has 160 valence electrons. The van der Waals surface area contributed by atoms with Crippen molar-refractivity contribution in [2.45, 2.75) is 30.9 Å². The number of halogens is 4. The quantitative estimate of drug-likeness (QED) is 0.749. The van der Waals surface area contributed by atoms with Crippen molar-refractivity contribution in [1.29, 1.82) is 5.26 Å². The van der Waals surface area contributed by atoms with Gasteiger partial charge in [0.1, 0.15) is 12.2 Å². The number of nitrogens with zero attached hydrogens (tertiary/aromatic N) is 3. The molecule has 1 aromatic rings. The molecule has 0 bridgehead atoms. The molecule has 2 unspecified atom stereocenters. The van der Waals surface area contributed by atoms with Crippen LogP contribution in [0.5, 0.6) is 0 Å². The topological polar surface area (TPSA) is 76.4 Å². The molecule has 1 saturated carbocycles. The van der Waals surface area contributed by atoms with Crippen LogP contribution in [0.1, 0.15) is 22.3 Å². The lowest BCUT2D eigenvalue weighted by Crippen LogP contribution is -2.43. The van der Waals surface area contributed by atoms with Crippen molar-refractivity contribution in [2.75, 3.05) is 26.2 Å². The van der Waals surface area contributed by atoms with Crippen molar-refractivity contribution in [1.82, 2.24) is 15.1 Å². The largest absolute Gasteiger partial charge is 0.416 e. The van der Waals surface area contributed by atoms with Gasteiger partial charge in [-0.25, -0.2) is 4.39 Å². The predicted octanol–water partition coefficient (Wildman–Crippen LogP) is 1.83. The molecule has 2 amide bonds. The van der Waals surface area contributed by atoms with Crippen LogP contribution in [0.3, 0.4) is 0 Å². The van der Waals surface area contributed by atoms with E-state index in [4.69, 9.17) is 5.26 Å². The maximum Gasteiger partial charge on any atom is 0.416 e. The van der Waals surface area contributed by atoms with Crippen LogP contribution in [0.2, 0.25) is 0 Å². The molecule has 1 aliphatic carbocycles. The van der Waals surface area contributed by atoms with Crippen LogP contribution < -0.4 is 5.32 Å². The Morgan fingerprint density at radius 2 is 1.77 bits per heavy atom. The van der Waals surface area contributed by atoms with E-state index in [1.54, 1.807) is 4.90 Å². The number of amides is 2. The SMILES string of the molecule is N#C[C@@H]1C[C@H](F)CN1C(=O)CNC1C2CN(C(=O)c3ccc(C(F)(F)F)cc3)CC21. The second kappa shape index (κ2) is 7.54. The Bertz CT molecular complexity index is 870. The number of likely N-dealkylation sites (tertiary alicyclic amines) is 2. The lowest BCUT2D eigenvalue weighted by molar-refractivity contribution is -0.137. The van der Waals surface area contributed by atoms with E-state index < -0.39 is 24.0 Å². The highest BCUT2D eigenvalue weighted by atomic mass is 19.4. The van der Waals surface area contributed by atoms with Gasteiger partial charge < -0.3 is 15.1 Å². The van der Waals surface area contributed by atoms with E-state index in [0.717, 1.165) is 12.1 Å². The van der Waals surface area contributed by atoms with Gasteiger partial charge in [0.05, 0.1) is 24.7 Å². The molecule has 10 heteroatoms. The highest BCUT2D eigenvalue weighted by Gasteiger charge is 2.56. The van der Waals surface area contributed by atoms with Gasteiger partial charge in [0.25, 0.3) is 5.91 Å². The second-order valence-corrected chi connectivity index (χ2v) is 8.04. The minimum Gasteiger partial charge on any atom is -0.338 e. The molecule has 0 radical (unpaired) electrons. The number of nitrogens with one attached hydrogen (secondary N) is 1. The van der Waals surface area contributed by atoms with Gasteiger partial charge in [-0.2, -0.15) is 18.4 Å². The summed E-state index contributed by atoms with van der Waals surface area (Å²) < 4.78 is 51.4. The van der Waals surface area contributed by atoms with Gasteiger partial charge in [-0.15, -0.1) is 0 Å². The number of alkyl halides is 4. The average molecular weight is 424 g/mol. The standard InChI is InChI=1S/C20H20F4N4O2/c21-13-5-14(6-25)28(8-13)17(29)7-26-18-15-9-27(10-16(15)18)19(30)11-1-3-12(4-2-11)20(22,23)24/h1-4,13-16,18,26H,5,7-10H2/t13-,14-,15?,16?,18?/m0/s1. The van der Waals surface area contributed by atoms with E-state index in [0.29, 0.717) is 13.1 Å². The summed E-state index contributed by atoms with van der Waals surface area (Å²) in [7, 11) is 0. The lowest BCUT2D eigenvalue weighted by Gasteiger charge is -2.22. The third-order valence-corrected chi connectivity index (χ3v) is 6.15. The van der Waals surface area contributed by atoms with E-state index in [1.807, 2.05) is 6.07 Å². The Balaban J connectivity index is 1.25. The zero-order valence-electron chi connectivity index (χ0n) is 15.9. The number of nitriles is 1. The lowest BCUT2D eigenvalue weighted by atomic mass is 10.1. The maximum absolute atomic E-state index is 13.5. The van der Waals surface area contributed by atoms with Gasteiger partial charge in [0.15, 0.2) is 0 Å². The summed E-state index contributed by atoms with van der Waals surface area (Å²) in [5.74, 6) is -0.274. The van der Waals surface area contributed by atoms with E-state index in [2.05, 4.69) is 5.32 Å². The summed E-state index contributed by atoms with van der Waals surface area (Å²) >= 11 is 0. The summed E-state index contributed by atoms with van der Waals surface area (Å²) in [6.45, 7) is 0.877. The first-order valence-corrected chi connectivity index (χ1v) is 9.72. The molecule has 1 N–H and O–H groups in total. The molecule has 3 fully saturated rings.